The predicted molar refractivity (Wildman–Crippen MR) is 138 cm³/mol. The van der Waals surface area contributed by atoms with Gasteiger partial charge in [0.05, 0.1) is 19.9 Å². The number of amides is 1. The molecule has 0 aliphatic carbocycles. The fourth-order valence-electron chi connectivity index (χ4n) is 3.40. The molecule has 1 aromatic heterocycles. The first-order valence-corrected chi connectivity index (χ1v) is 11.7. The molecular formula is C28H26N2O3S. The van der Waals surface area contributed by atoms with Crippen molar-refractivity contribution in [2.24, 2.45) is 0 Å². The number of carbonyl (C=O) groups is 1. The van der Waals surface area contributed by atoms with Crippen molar-refractivity contribution >= 4 is 23.3 Å². The minimum atomic E-state index is -0.121. The fraction of sp³-hybridized carbons (Fsp3) is 0.143. The highest BCUT2D eigenvalue weighted by Crippen LogP contribution is 2.34. The van der Waals surface area contributed by atoms with Crippen molar-refractivity contribution in [3.05, 3.63) is 94.9 Å². The molecule has 0 spiro atoms. The number of methoxy groups -OCH3 is 2. The smallest absolute Gasteiger partial charge is 0.244 e. The van der Waals surface area contributed by atoms with Gasteiger partial charge in [0.25, 0.3) is 0 Å². The summed E-state index contributed by atoms with van der Waals surface area (Å²) in [6, 6.07) is 21.9. The molecule has 0 bridgehead atoms. The van der Waals surface area contributed by atoms with Crippen molar-refractivity contribution in [3.8, 4) is 33.3 Å². The van der Waals surface area contributed by atoms with Gasteiger partial charge in [-0.2, -0.15) is 0 Å². The number of rotatable bonds is 8. The number of nitrogens with zero attached hydrogens (tertiary/aromatic N) is 1. The standard InChI is InChI=1S/C28H26N2O3S/c1-19-4-6-20(7-5-19)10-15-27(31)29-17-21-8-11-22(12-9-21)28-30-24(18-34-28)23-13-14-25(32-2)26(16-23)33-3/h4-16,18H,17H2,1-3H3,(H,29,31)/b15-10+. The van der Waals surface area contributed by atoms with Crippen LogP contribution in [0.4, 0.5) is 0 Å². The molecule has 4 rings (SSSR count). The SMILES string of the molecule is COc1ccc(-c2csc(-c3ccc(CNC(=O)/C=C/c4ccc(C)cc4)cc3)n2)cc1OC. The minimum Gasteiger partial charge on any atom is -0.493 e. The van der Waals surface area contributed by atoms with Gasteiger partial charge in [-0.05, 0) is 42.3 Å². The third-order valence-corrected chi connectivity index (χ3v) is 6.25. The Morgan fingerprint density at radius 3 is 2.35 bits per heavy atom. The maximum Gasteiger partial charge on any atom is 0.244 e. The van der Waals surface area contributed by atoms with E-state index in [0.29, 0.717) is 18.0 Å². The Hall–Kier alpha value is -3.90. The number of aromatic nitrogens is 1. The van der Waals surface area contributed by atoms with Gasteiger partial charge in [0.1, 0.15) is 5.01 Å². The van der Waals surface area contributed by atoms with E-state index in [2.05, 4.69) is 5.32 Å². The zero-order valence-electron chi connectivity index (χ0n) is 19.4. The lowest BCUT2D eigenvalue weighted by Gasteiger charge is -2.08. The molecule has 0 fully saturated rings. The number of ether oxygens (including phenoxy) is 2. The van der Waals surface area contributed by atoms with Crippen molar-refractivity contribution in [2.75, 3.05) is 14.2 Å². The van der Waals surface area contributed by atoms with E-state index in [1.165, 1.54) is 5.56 Å². The van der Waals surface area contributed by atoms with E-state index in [4.69, 9.17) is 14.5 Å². The minimum absolute atomic E-state index is 0.121. The Labute approximate surface area is 203 Å². The van der Waals surface area contributed by atoms with E-state index in [9.17, 15) is 4.79 Å². The highest BCUT2D eigenvalue weighted by Gasteiger charge is 2.10. The van der Waals surface area contributed by atoms with E-state index in [1.807, 2.05) is 85.1 Å². The first-order chi connectivity index (χ1) is 16.6. The van der Waals surface area contributed by atoms with Gasteiger partial charge in [0.15, 0.2) is 11.5 Å². The van der Waals surface area contributed by atoms with Gasteiger partial charge in [-0.1, -0.05) is 54.1 Å². The zero-order valence-corrected chi connectivity index (χ0v) is 20.2. The van der Waals surface area contributed by atoms with E-state index in [1.54, 1.807) is 31.6 Å². The normalized spacial score (nSPS) is 10.9. The van der Waals surface area contributed by atoms with Gasteiger partial charge >= 0.3 is 0 Å². The van der Waals surface area contributed by atoms with Gasteiger partial charge in [0, 0.05) is 29.1 Å². The van der Waals surface area contributed by atoms with Gasteiger partial charge in [-0.3, -0.25) is 4.79 Å². The van der Waals surface area contributed by atoms with Crippen molar-refractivity contribution in [3.63, 3.8) is 0 Å². The first kappa shape index (κ1) is 23.3. The summed E-state index contributed by atoms with van der Waals surface area (Å²) in [4.78, 5) is 16.9. The van der Waals surface area contributed by atoms with Crippen LogP contribution in [0.15, 0.2) is 78.2 Å². The number of benzene rings is 3. The molecule has 0 saturated heterocycles. The molecule has 1 N–H and O–H groups in total. The maximum absolute atomic E-state index is 12.1. The molecule has 0 radical (unpaired) electrons. The number of hydrogen-bond acceptors (Lipinski definition) is 5. The molecule has 0 aliphatic rings. The van der Waals surface area contributed by atoms with E-state index in [0.717, 1.165) is 33.0 Å². The highest BCUT2D eigenvalue weighted by atomic mass is 32.1. The van der Waals surface area contributed by atoms with Gasteiger partial charge < -0.3 is 14.8 Å². The Morgan fingerprint density at radius 2 is 1.65 bits per heavy atom. The lowest BCUT2D eigenvalue weighted by molar-refractivity contribution is -0.116. The zero-order chi connectivity index (χ0) is 23.9. The summed E-state index contributed by atoms with van der Waals surface area (Å²) >= 11 is 1.59. The summed E-state index contributed by atoms with van der Waals surface area (Å²) in [6.07, 6.45) is 3.38. The van der Waals surface area contributed by atoms with Crippen LogP contribution >= 0.6 is 11.3 Å². The van der Waals surface area contributed by atoms with Gasteiger partial charge in [0.2, 0.25) is 5.91 Å². The second-order valence-electron chi connectivity index (χ2n) is 7.77. The highest BCUT2D eigenvalue weighted by molar-refractivity contribution is 7.13. The monoisotopic (exact) mass is 470 g/mol. The lowest BCUT2D eigenvalue weighted by atomic mass is 10.1. The predicted octanol–water partition coefficient (Wildman–Crippen LogP) is 6.13. The van der Waals surface area contributed by atoms with Crippen LogP contribution in [-0.2, 0) is 11.3 Å². The Kier molecular flexibility index (Phi) is 7.40. The van der Waals surface area contributed by atoms with Crippen LogP contribution in [0.3, 0.4) is 0 Å². The van der Waals surface area contributed by atoms with Crippen molar-refractivity contribution in [1.82, 2.24) is 10.3 Å². The Morgan fingerprint density at radius 1 is 0.941 bits per heavy atom. The van der Waals surface area contributed by atoms with Crippen LogP contribution in [0.5, 0.6) is 11.5 Å². The molecule has 3 aromatic carbocycles. The lowest BCUT2D eigenvalue weighted by Crippen LogP contribution is -2.20. The molecule has 0 aliphatic heterocycles. The van der Waals surface area contributed by atoms with Crippen LogP contribution < -0.4 is 14.8 Å². The summed E-state index contributed by atoms with van der Waals surface area (Å²) in [5.41, 5.74) is 6.11. The molecule has 1 heterocycles. The molecule has 34 heavy (non-hydrogen) atoms. The Bertz CT molecular complexity index is 1290. The first-order valence-electron chi connectivity index (χ1n) is 10.9. The largest absolute Gasteiger partial charge is 0.493 e. The van der Waals surface area contributed by atoms with Crippen molar-refractivity contribution < 1.29 is 14.3 Å². The Balaban J connectivity index is 1.37. The quantitative estimate of drug-likeness (QED) is 0.315. The topological polar surface area (TPSA) is 60.5 Å². The van der Waals surface area contributed by atoms with Crippen LogP contribution in [0.25, 0.3) is 27.9 Å². The average molecular weight is 471 g/mol. The fourth-order valence-corrected chi connectivity index (χ4v) is 4.23. The molecule has 6 heteroatoms. The van der Waals surface area contributed by atoms with Gasteiger partial charge in [-0.15, -0.1) is 11.3 Å². The summed E-state index contributed by atoms with van der Waals surface area (Å²) in [6.45, 7) is 2.50. The van der Waals surface area contributed by atoms with Crippen LogP contribution in [-0.4, -0.2) is 25.1 Å². The van der Waals surface area contributed by atoms with Crippen LogP contribution in [0, 0.1) is 6.92 Å². The summed E-state index contributed by atoms with van der Waals surface area (Å²) in [7, 11) is 3.24. The molecule has 5 nitrogen and oxygen atoms in total. The van der Waals surface area contributed by atoms with E-state index >= 15 is 0 Å². The number of thiazole rings is 1. The van der Waals surface area contributed by atoms with Crippen molar-refractivity contribution in [2.45, 2.75) is 13.5 Å². The number of aryl methyl sites for hydroxylation is 1. The second kappa shape index (κ2) is 10.8. The molecule has 1 amide bonds. The number of carbonyl (C=O) groups excluding carboxylic acids is 1. The van der Waals surface area contributed by atoms with E-state index in [-0.39, 0.29) is 5.91 Å². The molecule has 4 aromatic rings. The van der Waals surface area contributed by atoms with Crippen LogP contribution in [0.1, 0.15) is 16.7 Å². The molecule has 0 unspecified atom stereocenters. The van der Waals surface area contributed by atoms with Gasteiger partial charge in [-0.25, -0.2) is 4.98 Å². The maximum atomic E-state index is 12.1. The molecule has 172 valence electrons. The number of hydrogen-bond donors (Lipinski definition) is 1. The van der Waals surface area contributed by atoms with E-state index < -0.39 is 0 Å². The summed E-state index contributed by atoms with van der Waals surface area (Å²) in [5.74, 6) is 1.24. The molecular weight excluding hydrogens is 444 g/mol. The third-order valence-electron chi connectivity index (χ3n) is 5.36. The van der Waals surface area contributed by atoms with Crippen molar-refractivity contribution in [1.29, 1.82) is 0 Å². The summed E-state index contributed by atoms with van der Waals surface area (Å²) in [5, 5.41) is 5.89. The molecule has 0 saturated carbocycles. The summed E-state index contributed by atoms with van der Waals surface area (Å²) < 4.78 is 10.7. The number of nitrogens with one attached hydrogen (secondary N) is 1. The third kappa shape index (κ3) is 5.71. The average Bonchev–Trinajstić information content (AvgIpc) is 3.37. The van der Waals surface area contributed by atoms with Crippen LogP contribution in [0.2, 0.25) is 0 Å². The second-order valence-corrected chi connectivity index (χ2v) is 8.62. The molecule has 0 atom stereocenters.